The number of nitrogens with one attached hydrogen (secondary N) is 2. The SMILES string of the molecule is O=c1[nH]c(-c2ccc3ccccc3c2)c(Oc2ccccc2)cc1-c1nn[nH]n1. The number of H-pyrrole nitrogens is 2. The van der Waals surface area contributed by atoms with Gasteiger partial charge in [-0.05, 0) is 40.3 Å². The van der Waals surface area contributed by atoms with Gasteiger partial charge in [0.15, 0.2) is 5.75 Å². The lowest BCUT2D eigenvalue weighted by Gasteiger charge is -2.13. The fraction of sp³-hybridized carbons (Fsp3) is 0. The molecule has 3 aromatic carbocycles. The molecule has 0 saturated heterocycles. The van der Waals surface area contributed by atoms with Gasteiger partial charge in [0.1, 0.15) is 5.75 Å². The van der Waals surface area contributed by atoms with E-state index in [1.54, 1.807) is 6.07 Å². The smallest absolute Gasteiger partial charge is 0.259 e. The van der Waals surface area contributed by atoms with Crippen molar-refractivity contribution in [3.63, 3.8) is 0 Å². The fourth-order valence-electron chi connectivity index (χ4n) is 3.21. The van der Waals surface area contributed by atoms with E-state index in [1.807, 2.05) is 72.8 Å². The molecule has 0 aliphatic rings. The maximum atomic E-state index is 12.7. The summed E-state index contributed by atoms with van der Waals surface area (Å²) < 4.78 is 6.11. The first-order chi connectivity index (χ1) is 14.3. The molecule has 0 saturated carbocycles. The van der Waals surface area contributed by atoms with Gasteiger partial charge in [0.2, 0.25) is 5.82 Å². The molecule has 0 atom stereocenters. The number of rotatable bonds is 4. The van der Waals surface area contributed by atoms with Crippen LogP contribution >= 0.6 is 0 Å². The van der Waals surface area contributed by atoms with Crippen molar-refractivity contribution in [1.29, 1.82) is 0 Å². The predicted octanol–water partition coefficient (Wildman–Crippen LogP) is 4.17. The summed E-state index contributed by atoms with van der Waals surface area (Å²) >= 11 is 0. The Morgan fingerprint density at radius 2 is 1.62 bits per heavy atom. The Kier molecular flexibility index (Phi) is 4.10. The van der Waals surface area contributed by atoms with Gasteiger partial charge in [0.25, 0.3) is 5.56 Å². The maximum Gasteiger partial charge on any atom is 0.259 e. The van der Waals surface area contributed by atoms with Crippen molar-refractivity contribution < 1.29 is 4.74 Å². The van der Waals surface area contributed by atoms with Crippen molar-refractivity contribution in [2.75, 3.05) is 0 Å². The average Bonchev–Trinajstić information content (AvgIpc) is 3.30. The third-order valence-electron chi connectivity index (χ3n) is 4.60. The van der Waals surface area contributed by atoms with Crippen molar-refractivity contribution in [2.45, 2.75) is 0 Å². The summed E-state index contributed by atoms with van der Waals surface area (Å²) in [5.41, 5.74) is 1.37. The highest BCUT2D eigenvalue weighted by atomic mass is 16.5. The Morgan fingerprint density at radius 3 is 2.41 bits per heavy atom. The third-order valence-corrected chi connectivity index (χ3v) is 4.60. The van der Waals surface area contributed by atoms with Gasteiger partial charge < -0.3 is 9.72 Å². The summed E-state index contributed by atoms with van der Waals surface area (Å²) in [6.07, 6.45) is 0. The van der Waals surface area contributed by atoms with Crippen molar-refractivity contribution in [2.24, 2.45) is 0 Å². The molecule has 2 aromatic heterocycles. The Labute approximate surface area is 165 Å². The van der Waals surface area contributed by atoms with Crippen LogP contribution in [0.2, 0.25) is 0 Å². The molecule has 5 aromatic rings. The first kappa shape index (κ1) is 16.9. The molecular formula is C22H15N5O2. The predicted molar refractivity (Wildman–Crippen MR) is 110 cm³/mol. The first-order valence-electron chi connectivity index (χ1n) is 9.01. The molecule has 0 radical (unpaired) electrons. The van der Waals surface area contributed by atoms with Crippen LogP contribution in [0.4, 0.5) is 0 Å². The largest absolute Gasteiger partial charge is 0.455 e. The zero-order valence-electron chi connectivity index (χ0n) is 15.2. The normalized spacial score (nSPS) is 10.9. The topological polar surface area (TPSA) is 96.5 Å². The van der Waals surface area contributed by atoms with Gasteiger partial charge >= 0.3 is 0 Å². The Morgan fingerprint density at radius 1 is 0.828 bits per heavy atom. The number of ether oxygens (including phenoxy) is 1. The minimum Gasteiger partial charge on any atom is -0.455 e. The van der Waals surface area contributed by atoms with E-state index in [9.17, 15) is 4.79 Å². The number of tetrazole rings is 1. The minimum absolute atomic E-state index is 0.203. The van der Waals surface area contributed by atoms with Crippen LogP contribution in [-0.4, -0.2) is 25.6 Å². The highest BCUT2D eigenvalue weighted by molar-refractivity contribution is 5.87. The fourth-order valence-corrected chi connectivity index (χ4v) is 3.21. The molecule has 2 N–H and O–H groups in total. The van der Waals surface area contributed by atoms with Crippen LogP contribution in [-0.2, 0) is 0 Å². The molecule has 0 amide bonds. The second kappa shape index (κ2) is 7.05. The van der Waals surface area contributed by atoms with Crippen LogP contribution in [0.3, 0.4) is 0 Å². The molecule has 0 fully saturated rings. The first-order valence-corrected chi connectivity index (χ1v) is 9.01. The number of benzene rings is 3. The van der Waals surface area contributed by atoms with E-state index < -0.39 is 0 Å². The lowest BCUT2D eigenvalue weighted by Crippen LogP contribution is -2.12. The average molecular weight is 381 g/mol. The molecule has 5 rings (SSSR count). The molecule has 2 heterocycles. The standard InChI is InChI=1S/C22H15N5O2/c28-22-18(21-24-26-27-25-21)13-19(29-17-8-2-1-3-9-17)20(23-22)16-11-10-14-6-4-5-7-15(14)12-16/h1-13H,(H,23,28)(H,24,25,26,27). The van der Waals surface area contributed by atoms with E-state index in [0.717, 1.165) is 16.3 Å². The second-order valence-corrected chi connectivity index (χ2v) is 6.46. The highest BCUT2D eigenvalue weighted by Crippen LogP contribution is 2.34. The summed E-state index contributed by atoms with van der Waals surface area (Å²) in [6, 6.07) is 25.1. The Hall–Kier alpha value is -4.26. The summed E-state index contributed by atoms with van der Waals surface area (Å²) in [5, 5.41) is 15.9. The van der Waals surface area contributed by atoms with Crippen LogP contribution in [0.25, 0.3) is 33.4 Å². The molecule has 29 heavy (non-hydrogen) atoms. The van der Waals surface area contributed by atoms with Gasteiger partial charge in [-0.3, -0.25) is 4.79 Å². The summed E-state index contributed by atoms with van der Waals surface area (Å²) in [6.45, 7) is 0. The number of aromatic nitrogens is 5. The monoisotopic (exact) mass is 381 g/mol. The van der Waals surface area contributed by atoms with Gasteiger partial charge in [-0.25, -0.2) is 0 Å². The number of aromatic amines is 2. The lowest BCUT2D eigenvalue weighted by atomic mass is 10.0. The van der Waals surface area contributed by atoms with Crippen molar-refractivity contribution in [1.82, 2.24) is 25.6 Å². The molecule has 0 unspecified atom stereocenters. The van der Waals surface area contributed by atoms with E-state index in [-0.39, 0.29) is 16.9 Å². The summed E-state index contributed by atoms with van der Waals surface area (Å²) in [4.78, 5) is 15.7. The van der Waals surface area contributed by atoms with Gasteiger partial charge in [0, 0.05) is 5.56 Å². The number of pyridine rings is 1. The number of hydrogen-bond donors (Lipinski definition) is 2. The lowest BCUT2D eigenvalue weighted by molar-refractivity contribution is 0.482. The van der Waals surface area contributed by atoms with Crippen LogP contribution in [0.15, 0.2) is 83.7 Å². The molecule has 140 valence electrons. The van der Waals surface area contributed by atoms with E-state index in [0.29, 0.717) is 17.2 Å². The second-order valence-electron chi connectivity index (χ2n) is 6.46. The van der Waals surface area contributed by atoms with E-state index in [2.05, 4.69) is 25.6 Å². The maximum absolute atomic E-state index is 12.7. The molecule has 7 heteroatoms. The Bertz CT molecular complexity index is 1350. The van der Waals surface area contributed by atoms with Crippen molar-refractivity contribution >= 4 is 10.8 Å². The van der Waals surface area contributed by atoms with E-state index >= 15 is 0 Å². The Balaban J connectivity index is 1.70. The van der Waals surface area contributed by atoms with Gasteiger partial charge in [-0.1, -0.05) is 54.6 Å². The van der Waals surface area contributed by atoms with Crippen LogP contribution in [0.5, 0.6) is 11.5 Å². The van der Waals surface area contributed by atoms with Crippen LogP contribution in [0, 0.1) is 0 Å². The molecule has 0 spiro atoms. The van der Waals surface area contributed by atoms with Crippen molar-refractivity contribution in [3.05, 3.63) is 89.2 Å². The van der Waals surface area contributed by atoms with E-state index in [1.165, 1.54) is 0 Å². The zero-order chi connectivity index (χ0) is 19.6. The minimum atomic E-state index is -0.324. The van der Waals surface area contributed by atoms with Gasteiger partial charge in [-0.2, -0.15) is 5.21 Å². The molecule has 0 aliphatic carbocycles. The summed E-state index contributed by atoms with van der Waals surface area (Å²) in [5.74, 6) is 1.35. The number of hydrogen-bond acceptors (Lipinski definition) is 5. The van der Waals surface area contributed by atoms with E-state index in [4.69, 9.17) is 4.74 Å². The summed E-state index contributed by atoms with van der Waals surface area (Å²) in [7, 11) is 0. The van der Waals surface area contributed by atoms with Gasteiger partial charge in [0.05, 0.1) is 11.3 Å². The molecular weight excluding hydrogens is 366 g/mol. The zero-order valence-corrected chi connectivity index (χ0v) is 15.2. The van der Waals surface area contributed by atoms with Crippen molar-refractivity contribution in [3.8, 4) is 34.1 Å². The molecule has 0 aliphatic heterocycles. The molecule has 7 nitrogen and oxygen atoms in total. The number of fused-ring (bicyclic) bond motifs is 1. The van der Waals surface area contributed by atoms with Crippen LogP contribution in [0.1, 0.15) is 0 Å². The molecule has 0 bridgehead atoms. The number of para-hydroxylation sites is 1. The number of nitrogens with zero attached hydrogens (tertiary/aromatic N) is 3. The quantitative estimate of drug-likeness (QED) is 0.487. The van der Waals surface area contributed by atoms with Crippen LogP contribution < -0.4 is 10.3 Å². The van der Waals surface area contributed by atoms with Gasteiger partial charge in [-0.15, -0.1) is 10.2 Å². The highest BCUT2D eigenvalue weighted by Gasteiger charge is 2.16. The third kappa shape index (κ3) is 3.25.